The number of hydrogen-bond acceptors (Lipinski definition) is 4. The van der Waals surface area contributed by atoms with E-state index in [9.17, 15) is 4.79 Å². The fourth-order valence-electron chi connectivity index (χ4n) is 3.84. The molecule has 1 atom stereocenters. The Morgan fingerprint density at radius 2 is 2.04 bits per heavy atom. The van der Waals surface area contributed by atoms with Crippen LogP contribution in [0.5, 0.6) is 5.75 Å². The van der Waals surface area contributed by atoms with Gasteiger partial charge in [0.2, 0.25) is 0 Å². The van der Waals surface area contributed by atoms with Crippen molar-refractivity contribution in [2.75, 3.05) is 13.1 Å². The molecule has 2 fully saturated rings. The first kappa shape index (κ1) is 16.1. The summed E-state index contributed by atoms with van der Waals surface area (Å²) in [6, 6.07) is 7.83. The minimum absolute atomic E-state index is 0.0710. The van der Waals surface area contributed by atoms with Gasteiger partial charge in [-0.15, -0.1) is 0 Å². The molecule has 1 saturated heterocycles. The maximum Gasteiger partial charge on any atom is 0.254 e. The van der Waals surface area contributed by atoms with Crippen molar-refractivity contribution in [1.82, 2.24) is 19.7 Å². The molecule has 2 aliphatic rings. The molecule has 0 N–H and O–H groups in total. The van der Waals surface area contributed by atoms with E-state index in [1.165, 1.54) is 12.8 Å². The van der Waals surface area contributed by atoms with Gasteiger partial charge in [-0.3, -0.25) is 4.79 Å². The molecule has 1 aromatic carbocycles. The zero-order valence-electron chi connectivity index (χ0n) is 14.4. The van der Waals surface area contributed by atoms with E-state index in [1.54, 1.807) is 12.7 Å². The standard InChI is InChI=1S/C19H24N4O2/c24-19(22-10-4-6-16(12-22)23-14-20-13-21-23)15-5-3-9-18(11-15)25-17-7-1-2-8-17/h3,5,9,11,13-14,16-17H,1-2,4,6-8,10,12H2/t16-/m1/s1. The van der Waals surface area contributed by atoms with Crippen LogP contribution in [0.1, 0.15) is 54.9 Å². The second kappa shape index (κ2) is 7.25. The predicted molar refractivity (Wildman–Crippen MR) is 93.5 cm³/mol. The molecule has 6 nitrogen and oxygen atoms in total. The lowest BCUT2D eigenvalue weighted by Crippen LogP contribution is -2.40. The molecule has 1 amide bonds. The molecule has 0 radical (unpaired) electrons. The summed E-state index contributed by atoms with van der Waals surface area (Å²) in [6.07, 6.45) is 10.3. The smallest absolute Gasteiger partial charge is 0.254 e. The summed E-state index contributed by atoms with van der Waals surface area (Å²) in [5, 5.41) is 4.23. The summed E-state index contributed by atoms with van der Waals surface area (Å²) < 4.78 is 7.90. The van der Waals surface area contributed by atoms with Crippen LogP contribution < -0.4 is 4.74 Å². The van der Waals surface area contributed by atoms with Gasteiger partial charge in [-0.2, -0.15) is 5.10 Å². The molecular formula is C19H24N4O2. The normalized spacial score (nSPS) is 21.4. The molecule has 0 spiro atoms. The Labute approximate surface area is 147 Å². The van der Waals surface area contributed by atoms with Gasteiger partial charge in [0, 0.05) is 18.7 Å². The molecule has 0 unspecified atom stereocenters. The van der Waals surface area contributed by atoms with Crippen LogP contribution in [-0.4, -0.2) is 44.8 Å². The molecule has 132 valence electrons. The second-order valence-electron chi connectivity index (χ2n) is 6.97. The van der Waals surface area contributed by atoms with Crippen LogP contribution in [0.4, 0.5) is 0 Å². The van der Waals surface area contributed by atoms with Crippen LogP contribution in [0.15, 0.2) is 36.9 Å². The van der Waals surface area contributed by atoms with Gasteiger partial charge in [-0.05, 0) is 56.7 Å². The number of carbonyl (C=O) groups is 1. The SMILES string of the molecule is O=C(c1cccc(OC2CCCC2)c1)N1CCC[C@@H](n2cncn2)C1. The number of rotatable bonds is 4. The summed E-state index contributed by atoms with van der Waals surface area (Å²) in [6.45, 7) is 1.47. The van der Waals surface area contributed by atoms with Crippen LogP contribution in [0.25, 0.3) is 0 Å². The third-order valence-electron chi connectivity index (χ3n) is 5.18. The van der Waals surface area contributed by atoms with E-state index in [0.717, 1.165) is 38.0 Å². The monoisotopic (exact) mass is 340 g/mol. The van der Waals surface area contributed by atoms with E-state index >= 15 is 0 Å². The highest BCUT2D eigenvalue weighted by Crippen LogP contribution is 2.26. The maximum absolute atomic E-state index is 12.9. The van der Waals surface area contributed by atoms with E-state index in [4.69, 9.17) is 4.74 Å². The third-order valence-corrected chi connectivity index (χ3v) is 5.18. The molecule has 2 aromatic rings. The highest BCUT2D eigenvalue weighted by atomic mass is 16.5. The first-order valence-corrected chi connectivity index (χ1v) is 9.20. The van der Waals surface area contributed by atoms with Crippen molar-refractivity contribution < 1.29 is 9.53 Å². The van der Waals surface area contributed by atoms with E-state index in [2.05, 4.69) is 10.1 Å². The van der Waals surface area contributed by atoms with Gasteiger partial charge in [-0.25, -0.2) is 9.67 Å². The molecular weight excluding hydrogens is 316 g/mol. The largest absolute Gasteiger partial charge is 0.490 e. The lowest BCUT2D eigenvalue weighted by molar-refractivity contribution is 0.0672. The van der Waals surface area contributed by atoms with Crippen LogP contribution in [0, 0.1) is 0 Å². The molecule has 0 bridgehead atoms. The summed E-state index contributed by atoms with van der Waals surface area (Å²) in [5.74, 6) is 0.879. The first-order valence-electron chi connectivity index (χ1n) is 9.20. The Kier molecular flexibility index (Phi) is 4.68. The van der Waals surface area contributed by atoms with Crippen LogP contribution >= 0.6 is 0 Å². The van der Waals surface area contributed by atoms with Crippen molar-refractivity contribution in [3.63, 3.8) is 0 Å². The maximum atomic E-state index is 12.9. The van der Waals surface area contributed by atoms with Gasteiger partial charge in [0.1, 0.15) is 18.4 Å². The minimum atomic E-state index is 0.0710. The van der Waals surface area contributed by atoms with Gasteiger partial charge < -0.3 is 9.64 Å². The average Bonchev–Trinajstić information content (AvgIpc) is 3.35. The van der Waals surface area contributed by atoms with Gasteiger partial charge in [0.15, 0.2) is 0 Å². The second-order valence-corrected chi connectivity index (χ2v) is 6.97. The number of nitrogens with zero attached hydrogens (tertiary/aromatic N) is 4. The van der Waals surface area contributed by atoms with Crippen molar-refractivity contribution in [1.29, 1.82) is 0 Å². The Balaban J connectivity index is 1.44. The Morgan fingerprint density at radius 3 is 2.84 bits per heavy atom. The predicted octanol–water partition coefficient (Wildman–Crippen LogP) is 3.08. The van der Waals surface area contributed by atoms with Crippen LogP contribution in [0.2, 0.25) is 0 Å². The Bertz CT molecular complexity index is 710. The molecule has 1 saturated carbocycles. The number of carbonyl (C=O) groups excluding carboxylic acids is 1. The molecule has 6 heteroatoms. The summed E-state index contributed by atoms with van der Waals surface area (Å²) >= 11 is 0. The van der Waals surface area contributed by atoms with Gasteiger partial charge >= 0.3 is 0 Å². The van der Waals surface area contributed by atoms with E-state index in [-0.39, 0.29) is 11.9 Å². The fourth-order valence-corrected chi connectivity index (χ4v) is 3.84. The summed E-state index contributed by atoms with van der Waals surface area (Å²) in [7, 11) is 0. The van der Waals surface area contributed by atoms with E-state index in [0.29, 0.717) is 18.2 Å². The zero-order chi connectivity index (χ0) is 17.1. The average molecular weight is 340 g/mol. The van der Waals surface area contributed by atoms with Crippen molar-refractivity contribution in [3.8, 4) is 5.75 Å². The van der Waals surface area contributed by atoms with Crippen molar-refractivity contribution in [3.05, 3.63) is 42.5 Å². The van der Waals surface area contributed by atoms with Crippen LogP contribution in [0.3, 0.4) is 0 Å². The lowest BCUT2D eigenvalue weighted by Gasteiger charge is -2.32. The highest BCUT2D eigenvalue weighted by Gasteiger charge is 2.26. The van der Waals surface area contributed by atoms with E-state index in [1.807, 2.05) is 33.8 Å². The summed E-state index contributed by atoms with van der Waals surface area (Å²) in [5.41, 5.74) is 0.703. The number of piperidine rings is 1. The number of ether oxygens (including phenoxy) is 1. The van der Waals surface area contributed by atoms with Crippen molar-refractivity contribution in [2.45, 2.75) is 50.7 Å². The van der Waals surface area contributed by atoms with Crippen molar-refractivity contribution in [2.24, 2.45) is 0 Å². The Morgan fingerprint density at radius 1 is 1.16 bits per heavy atom. The quantitative estimate of drug-likeness (QED) is 0.858. The number of amides is 1. The molecule has 4 rings (SSSR count). The van der Waals surface area contributed by atoms with Crippen molar-refractivity contribution >= 4 is 5.91 Å². The zero-order valence-corrected chi connectivity index (χ0v) is 14.4. The third kappa shape index (κ3) is 3.67. The fraction of sp³-hybridized carbons (Fsp3) is 0.526. The molecule has 25 heavy (non-hydrogen) atoms. The molecule has 2 heterocycles. The number of hydrogen-bond donors (Lipinski definition) is 0. The molecule has 1 aliphatic carbocycles. The Hall–Kier alpha value is -2.37. The number of aromatic nitrogens is 3. The lowest BCUT2D eigenvalue weighted by atomic mass is 10.0. The van der Waals surface area contributed by atoms with Gasteiger partial charge in [-0.1, -0.05) is 6.07 Å². The molecule has 1 aliphatic heterocycles. The first-order chi connectivity index (χ1) is 12.3. The van der Waals surface area contributed by atoms with E-state index < -0.39 is 0 Å². The topological polar surface area (TPSA) is 60.2 Å². The number of likely N-dealkylation sites (tertiary alicyclic amines) is 1. The number of benzene rings is 1. The van der Waals surface area contributed by atoms with Gasteiger partial charge in [0.05, 0.1) is 12.1 Å². The minimum Gasteiger partial charge on any atom is -0.490 e. The van der Waals surface area contributed by atoms with Gasteiger partial charge in [0.25, 0.3) is 5.91 Å². The van der Waals surface area contributed by atoms with Crippen LogP contribution in [-0.2, 0) is 0 Å². The summed E-state index contributed by atoms with van der Waals surface area (Å²) in [4.78, 5) is 18.9. The highest BCUT2D eigenvalue weighted by molar-refractivity contribution is 5.94. The molecule has 1 aromatic heterocycles.